The van der Waals surface area contributed by atoms with Crippen LogP contribution < -0.4 is 10.2 Å². The second-order valence-electron chi connectivity index (χ2n) is 8.70. The summed E-state index contributed by atoms with van der Waals surface area (Å²) in [6.07, 6.45) is 2.63. The van der Waals surface area contributed by atoms with Crippen LogP contribution in [-0.2, 0) is 6.54 Å². The Labute approximate surface area is 170 Å². The molecular formula is C21H29FN6O. The van der Waals surface area contributed by atoms with Crippen molar-refractivity contribution in [3.8, 4) is 0 Å². The Hall–Kier alpha value is -2.19. The maximum atomic E-state index is 14.0. The van der Waals surface area contributed by atoms with Crippen LogP contribution in [0.1, 0.15) is 23.2 Å². The molecule has 2 saturated heterocycles. The van der Waals surface area contributed by atoms with Crippen LogP contribution in [0.4, 0.5) is 10.3 Å². The molecule has 29 heavy (non-hydrogen) atoms. The Morgan fingerprint density at radius 3 is 2.79 bits per heavy atom. The molecule has 2 fully saturated rings. The first-order valence-electron chi connectivity index (χ1n) is 10.7. The van der Waals surface area contributed by atoms with Gasteiger partial charge in [0.2, 0.25) is 5.95 Å². The van der Waals surface area contributed by atoms with E-state index in [9.17, 15) is 9.18 Å². The van der Waals surface area contributed by atoms with Crippen LogP contribution in [0.5, 0.6) is 0 Å². The number of piperazine rings is 1. The van der Waals surface area contributed by atoms with Crippen molar-refractivity contribution in [2.24, 2.45) is 5.92 Å². The molecule has 1 atom stereocenters. The van der Waals surface area contributed by atoms with Crippen molar-refractivity contribution in [2.45, 2.75) is 19.4 Å². The fourth-order valence-electron chi connectivity index (χ4n) is 5.14. The first kappa shape index (κ1) is 18.8. The van der Waals surface area contributed by atoms with Gasteiger partial charge in [0.15, 0.2) is 0 Å². The largest absolute Gasteiger partial charge is 0.350 e. The van der Waals surface area contributed by atoms with Crippen molar-refractivity contribution in [3.63, 3.8) is 0 Å². The van der Waals surface area contributed by atoms with Gasteiger partial charge in [0.25, 0.3) is 5.91 Å². The molecule has 0 bridgehead atoms. The van der Waals surface area contributed by atoms with E-state index in [0.717, 1.165) is 43.6 Å². The van der Waals surface area contributed by atoms with E-state index in [1.165, 1.54) is 44.6 Å². The van der Waals surface area contributed by atoms with Gasteiger partial charge in [0.05, 0.1) is 16.6 Å². The predicted molar refractivity (Wildman–Crippen MR) is 111 cm³/mol. The van der Waals surface area contributed by atoms with E-state index in [1.807, 2.05) is 0 Å². The minimum absolute atomic E-state index is 0.220. The second kappa shape index (κ2) is 7.57. The molecule has 1 unspecified atom stereocenters. The maximum Gasteiger partial charge on any atom is 0.253 e. The normalized spacial score (nSPS) is 24.0. The van der Waals surface area contributed by atoms with E-state index in [4.69, 9.17) is 4.98 Å². The molecule has 156 valence electrons. The Morgan fingerprint density at radius 2 is 2.00 bits per heavy atom. The smallest absolute Gasteiger partial charge is 0.253 e. The van der Waals surface area contributed by atoms with Gasteiger partial charge in [-0.15, -0.1) is 0 Å². The molecule has 8 heteroatoms. The Kier molecular flexibility index (Phi) is 4.91. The fourth-order valence-corrected chi connectivity index (χ4v) is 5.14. The standard InChI is InChI=1S/C21H29FN6O/c1-25-5-2-3-15(13-25)14-26-7-9-27(10-8-26)21-24-18-12-16(22)11-17-19(18)28(21)6-4-23-20(17)29/h11-12,15H,2-10,13-14H2,1H3,(H,23,29). The second-order valence-corrected chi connectivity index (χ2v) is 8.70. The number of hydrogen-bond donors (Lipinski definition) is 1. The zero-order chi connectivity index (χ0) is 20.0. The molecule has 3 aliphatic heterocycles. The average Bonchev–Trinajstić information content (AvgIpc) is 2.97. The van der Waals surface area contributed by atoms with Crippen LogP contribution in [-0.4, -0.2) is 84.7 Å². The van der Waals surface area contributed by atoms with E-state index >= 15 is 0 Å². The lowest BCUT2D eigenvalue weighted by atomic mass is 9.97. The third-order valence-corrected chi connectivity index (χ3v) is 6.55. The summed E-state index contributed by atoms with van der Waals surface area (Å²) in [6.45, 7) is 8.63. The summed E-state index contributed by atoms with van der Waals surface area (Å²) in [4.78, 5) is 24.4. The minimum atomic E-state index is -0.414. The number of aromatic nitrogens is 2. The highest BCUT2D eigenvalue weighted by molar-refractivity contribution is 6.06. The SMILES string of the molecule is CN1CCCC(CN2CCN(c3nc4cc(F)cc5c4n3CCNC5=O)CC2)C1. The molecule has 1 aromatic carbocycles. The number of nitrogens with zero attached hydrogens (tertiary/aromatic N) is 5. The summed E-state index contributed by atoms with van der Waals surface area (Å²) in [5.74, 6) is 0.993. The van der Waals surface area contributed by atoms with Gasteiger partial charge in [0.1, 0.15) is 5.82 Å². The molecule has 0 saturated carbocycles. The van der Waals surface area contributed by atoms with Crippen LogP contribution in [0.2, 0.25) is 0 Å². The monoisotopic (exact) mass is 400 g/mol. The van der Waals surface area contributed by atoms with Gasteiger partial charge in [0, 0.05) is 58.4 Å². The van der Waals surface area contributed by atoms with Gasteiger partial charge in [-0.1, -0.05) is 0 Å². The molecule has 1 amide bonds. The Balaban J connectivity index is 1.34. The third-order valence-electron chi connectivity index (χ3n) is 6.55. The summed E-state index contributed by atoms with van der Waals surface area (Å²) in [7, 11) is 2.22. The van der Waals surface area contributed by atoms with Crippen molar-refractivity contribution in [2.75, 3.05) is 64.3 Å². The van der Waals surface area contributed by atoms with Gasteiger partial charge in [-0.2, -0.15) is 0 Å². The molecule has 1 aromatic heterocycles. The topological polar surface area (TPSA) is 56.6 Å². The average molecular weight is 401 g/mol. The molecule has 4 heterocycles. The van der Waals surface area contributed by atoms with E-state index in [1.54, 1.807) is 0 Å². The van der Waals surface area contributed by atoms with Crippen molar-refractivity contribution in [1.82, 2.24) is 24.7 Å². The molecule has 7 nitrogen and oxygen atoms in total. The molecule has 5 rings (SSSR count). The van der Waals surface area contributed by atoms with Gasteiger partial charge < -0.3 is 19.7 Å². The van der Waals surface area contributed by atoms with Crippen LogP contribution >= 0.6 is 0 Å². The number of imidazole rings is 1. The lowest BCUT2D eigenvalue weighted by Gasteiger charge is -2.39. The van der Waals surface area contributed by atoms with Crippen molar-refractivity contribution < 1.29 is 9.18 Å². The van der Waals surface area contributed by atoms with E-state index in [-0.39, 0.29) is 5.91 Å². The summed E-state index contributed by atoms with van der Waals surface area (Å²) in [5, 5.41) is 2.87. The number of hydrogen-bond acceptors (Lipinski definition) is 5. The minimum Gasteiger partial charge on any atom is -0.350 e. The number of likely N-dealkylation sites (tertiary alicyclic amines) is 1. The number of nitrogens with one attached hydrogen (secondary N) is 1. The summed E-state index contributed by atoms with van der Waals surface area (Å²) in [6, 6.07) is 2.76. The number of piperidine rings is 1. The van der Waals surface area contributed by atoms with Gasteiger partial charge >= 0.3 is 0 Å². The summed E-state index contributed by atoms with van der Waals surface area (Å²) >= 11 is 0. The number of rotatable bonds is 3. The molecule has 1 N–H and O–H groups in total. The fraction of sp³-hybridized carbons (Fsp3) is 0.619. The lowest BCUT2D eigenvalue weighted by molar-refractivity contribution is 0.0956. The number of halogens is 1. The molecule has 3 aliphatic rings. The molecule has 0 spiro atoms. The van der Waals surface area contributed by atoms with E-state index < -0.39 is 5.82 Å². The Bertz CT molecular complexity index is 920. The van der Waals surface area contributed by atoms with Crippen LogP contribution in [0, 0.1) is 11.7 Å². The molecule has 0 aliphatic carbocycles. The lowest BCUT2D eigenvalue weighted by Crippen LogP contribution is -2.50. The van der Waals surface area contributed by atoms with Crippen LogP contribution in [0.25, 0.3) is 11.0 Å². The van der Waals surface area contributed by atoms with Gasteiger partial charge in [-0.05, 0) is 38.4 Å². The quantitative estimate of drug-likeness (QED) is 0.844. The third kappa shape index (κ3) is 3.59. The highest BCUT2D eigenvalue weighted by atomic mass is 19.1. The summed E-state index contributed by atoms with van der Waals surface area (Å²) < 4.78 is 16.1. The zero-order valence-corrected chi connectivity index (χ0v) is 17.0. The number of benzene rings is 1. The van der Waals surface area contributed by atoms with Crippen molar-refractivity contribution in [1.29, 1.82) is 0 Å². The molecular weight excluding hydrogens is 371 g/mol. The number of carbonyl (C=O) groups is 1. The van der Waals surface area contributed by atoms with Gasteiger partial charge in [-0.3, -0.25) is 9.69 Å². The first-order valence-corrected chi connectivity index (χ1v) is 10.7. The predicted octanol–water partition coefficient (Wildman–Crippen LogP) is 1.38. The zero-order valence-electron chi connectivity index (χ0n) is 17.0. The summed E-state index contributed by atoms with van der Waals surface area (Å²) in [5.41, 5.74) is 1.71. The molecule has 2 aromatic rings. The highest BCUT2D eigenvalue weighted by Gasteiger charge is 2.28. The van der Waals surface area contributed by atoms with E-state index in [0.29, 0.717) is 24.2 Å². The molecule has 0 radical (unpaired) electrons. The van der Waals surface area contributed by atoms with Crippen molar-refractivity contribution >= 4 is 22.9 Å². The first-order chi connectivity index (χ1) is 14.1. The number of amides is 1. The van der Waals surface area contributed by atoms with Gasteiger partial charge in [-0.25, -0.2) is 9.37 Å². The maximum absolute atomic E-state index is 14.0. The highest BCUT2D eigenvalue weighted by Crippen LogP contribution is 2.29. The number of carbonyl (C=O) groups excluding carboxylic acids is 1. The van der Waals surface area contributed by atoms with Crippen molar-refractivity contribution in [3.05, 3.63) is 23.5 Å². The Morgan fingerprint density at radius 1 is 1.17 bits per heavy atom. The number of anilines is 1. The van der Waals surface area contributed by atoms with Crippen LogP contribution in [0.3, 0.4) is 0 Å². The van der Waals surface area contributed by atoms with Crippen LogP contribution in [0.15, 0.2) is 12.1 Å². The van der Waals surface area contributed by atoms with E-state index in [2.05, 4.69) is 31.6 Å².